The lowest BCUT2D eigenvalue weighted by Gasteiger charge is -2.24. The number of rotatable bonds is 6. The van der Waals surface area contributed by atoms with Crippen LogP contribution in [0.3, 0.4) is 0 Å². The number of likely N-dealkylation sites (tertiary alicyclic amines) is 1. The van der Waals surface area contributed by atoms with Gasteiger partial charge in [0.2, 0.25) is 5.91 Å². The highest BCUT2D eigenvalue weighted by molar-refractivity contribution is 5.97. The number of ether oxygens (including phenoxy) is 2. The average molecular weight is 603 g/mol. The molecule has 0 radical (unpaired) electrons. The van der Waals surface area contributed by atoms with Crippen molar-refractivity contribution in [2.75, 3.05) is 18.4 Å². The fourth-order valence-corrected chi connectivity index (χ4v) is 4.32. The Morgan fingerprint density at radius 1 is 0.930 bits per heavy atom. The van der Waals surface area contributed by atoms with Crippen molar-refractivity contribution in [3.63, 3.8) is 0 Å². The van der Waals surface area contributed by atoms with Crippen LogP contribution in [-0.4, -0.2) is 58.6 Å². The summed E-state index contributed by atoms with van der Waals surface area (Å²) in [6, 6.07) is 16.0. The van der Waals surface area contributed by atoms with Crippen LogP contribution in [0.2, 0.25) is 0 Å². The second kappa shape index (κ2) is 12.5. The van der Waals surface area contributed by atoms with E-state index in [1.54, 1.807) is 57.3 Å². The molecule has 2 N–H and O–H groups in total. The van der Waals surface area contributed by atoms with Gasteiger partial charge in [-0.3, -0.25) is 14.6 Å². The highest BCUT2D eigenvalue weighted by Gasteiger charge is 2.46. The molecule has 43 heavy (non-hydrogen) atoms. The molecule has 11 nitrogen and oxygen atoms in total. The van der Waals surface area contributed by atoms with Crippen molar-refractivity contribution in [1.29, 1.82) is 0 Å². The van der Waals surface area contributed by atoms with E-state index in [2.05, 4.69) is 15.1 Å². The number of aromatic nitrogens is 1. The van der Waals surface area contributed by atoms with E-state index in [1.807, 2.05) is 24.3 Å². The number of hydroxylamine groups is 1. The molecule has 4 rings (SSSR count). The topological polar surface area (TPSA) is 136 Å². The SMILES string of the molecule is CC(C)(C)OC(=O)N1CC(C(=O)NOC(=O)C(F)(F)F)C(C(=O)Nc2ccc(COc3ccnc4ccccc34)cc2)C1. The number of anilines is 1. The lowest BCUT2D eigenvalue weighted by atomic mass is 9.94. The molecule has 2 aromatic carbocycles. The van der Waals surface area contributed by atoms with Gasteiger partial charge in [0.05, 0.1) is 17.4 Å². The third-order valence-corrected chi connectivity index (χ3v) is 6.35. The Bertz CT molecular complexity index is 1500. The highest BCUT2D eigenvalue weighted by atomic mass is 19.4. The molecule has 3 amide bonds. The minimum atomic E-state index is -5.34. The van der Waals surface area contributed by atoms with Gasteiger partial charge in [-0.2, -0.15) is 18.7 Å². The summed E-state index contributed by atoms with van der Waals surface area (Å²) in [6.45, 7) is 4.48. The summed E-state index contributed by atoms with van der Waals surface area (Å²) in [7, 11) is 0. The molecular weight excluding hydrogens is 573 g/mol. The zero-order valence-electron chi connectivity index (χ0n) is 23.4. The van der Waals surface area contributed by atoms with Crippen LogP contribution in [0.4, 0.5) is 23.7 Å². The van der Waals surface area contributed by atoms with E-state index in [-0.39, 0.29) is 19.7 Å². The Labute approximate surface area is 244 Å². The average Bonchev–Trinajstić information content (AvgIpc) is 3.40. The number of alkyl halides is 3. The molecule has 0 aliphatic carbocycles. The van der Waals surface area contributed by atoms with Crippen LogP contribution >= 0.6 is 0 Å². The minimum Gasteiger partial charge on any atom is -0.488 e. The van der Waals surface area contributed by atoms with Crippen molar-refractivity contribution >= 4 is 40.5 Å². The summed E-state index contributed by atoms with van der Waals surface area (Å²) >= 11 is 0. The Kier molecular flexibility index (Phi) is 9.07. The number of para-hydroxylation sites is 1. The number of nitrogens with one attached hydrogen (secondary N) is 2. The summed E-state index contributed by atoms with van der Waals surface area (Å²) in [5, 5.41) is 3.52. The molecule has 1 aliphatic rings. The Morgan fingerprint density at radius 2 is 1.58 bits per heavy atom. The van der Waals surface area contributed by atoms with E-state index >= 15 is 0 Å². The number of benzene rings is 2. The molecule has 2 heterocycles. The maximum absolute atomic E-state index is 13.2. The van der Waals surface area contributed by atoms with Gasteiger partial charge >= 0.3 is 18.2 Å². The van der Waals surface area contributed by atoms with Crippen LogP contribution in [0.1, 0.15) is 26.3 Å². The molecule has 2 atom stereocenters. The summed E-state index contributed by atoms with van der Waals surface area (Å²) in [5.74, 6) is -6.37. The zero-order valence-corrected chi connectivity index (χ0v) is 23.4. The van der Waals surface area contributed by atoms with Gasteiger partial charge in [0, 0.05) is 30.4 Å². The number of pyridine rings is 1. The molecule has 1 fully saturated rings. The molecule has 228 valence electrons. The number of amides is 3. The van der Waals surface area contributed by atoms with Gasteiger partial charge in [0.15, 0.2) is 0 Å². The third kappa shape index (κ3) is 8.11. The third-order valence-electron chi connectivity index (χ3n) is 6.35. The number of fused-ring (bicyclic) bond motifs is 1. The fraction of sp³-hybridized carbons (Fsp3) is 0.345. The molecule has 0 bridgehead atoms. The first-order valence-corrected chi connectivity index (χ1v) is 13.1. The number of hydrogen-bond donors (Lipinski definition) is 2. The van der Waals surface area contributed by atoms with E-state index in [4.69, 9.17) is 9.47 Å². The van der Waals surface area contributed by atoms with E-state index < -0.39 is 47.5 Å². The van der Waals surface area contributed by atoms with Crippen LogP contribution < -0.4 is 15.5 Å². The zero-order chi connectivity index (χ0) is 31.4. The molecule has 14 heteroatoms. The standard InChI is InChI=1S/C29H29F3N4O7/c1-28(2,3)42-27(40)36-14-20(21(15-36)25(38)35-43-26(39)29(30,31)32)24(37)34-18-10-8-17(9-11-18)16-41-23-12-13-33-22-7-5-4-6-19(22)23/h4-13,20-21H,14-16H2,1-3H3,(H,34,37)(H,35,38). The first kappa shape index (κ1) is 31.1. The van der Waals surface area contributed by atoms with Crippen LogP contribution in [0.5, 0.6) is 5.75 Å². The summed E-state index contributed by atoms with van der Waals surface area (Å²) in [4.78, 5) is 58.8. The Hall–Kier alpha value is -4.88. The monoisotopic (exact) mass is 602 g/mol. The lowest BCUT2D eigenvalue weighted by Crippen LogP contribution is -2.42. The molecule has 1 aromatic heterocycles. The fourth-order valence-electron chi connectivity index (χ4n) is 4.32. The smallest absolute Gasteiger partial charge is 0.488 e. The number of halogens is 3. The van der Waals surface area contributed by atoms with E-state index in [9.17, 15) is 32.3 Å². The number of hydrogen-bond acceptors (Lipinski definition) is 8. The predicted molar refractivity (Wildman–Crippen MR) is 146 cm³/mol. The quantitative estimate of drug-likeness (QED) is 0.397. The van der Waals surface area contributed by atoms with Crippen LogP contribution in [0.15, 0.2) is 60.8 Å². The van der Waals surface area contributed by atoms with Crippen molar-refractivity contribution in [2.45, 2.75) is 39.2 Å². The molecular formula is C29H29F3N4O7. The first-order chi connectivity index (χ1) is 20.2. The van der Waals surface area contributed by atoms with Crippen LogP contribution in [-0.2, 0) is 30.6 Å². The van der Waals surface area contributed by atoms with Gasteiger partial charge in [0.1, 0.15) is 18.0 Å². The predicted octanol–water partition coefficient (Wildman–Crippen LogP) is 4.37. The molecule has 0 saturated carbocycles. The normalized spacial score (nSPS) is 16.8. The van der Waals surface area contributed by atoms with Crippen LogP contribution in [0, 0.1) is 11.8 Å². The molecule has 0 spiro atoms. The second-order valence-electron chi connectivity index (χ2n) is 10.8. The van der Waals surface area contributed by atoms with Gasteiger partial charge in [-0.15, -0.1) is 0 Å². The highest BCUT2D eigenvalue weighted by Crippen LogP contribution is 2.28. The van der Waals surface area contributed by atoms with Gasteiger partial charge in [0.25, 0.3) is 5.91 Å². The summed E-state index contributed by atoms with van der Waals surface area (Å²) < 4.78 is 48.8. The van der Waals surface area contributed by atoms with Crippen molar-refractivity contribution in [1.82, 2.24) is 15.4 Å². The summed E-state index contributed by atoms with van der Waals surface area (Å²) in [6.07, 6.45) is -4.51. The van der Waals surface area contributed by atoms with Crippen molar-refractivity contribution < 1.29 is 46.7 Å². The van der Waals surface area contributed by atoms with Gasteiger partial charge < -0.3 is 24.5 Å². The number of carbonyl (C=O) groups excluding carboxylic acids is 4. The molecule has 2 unspecified atom stereocenters. The number of nitrogens with zero attached hydrogens (tertiary/aromatic N) is 2. The number of carbonyl (C=O) groups is 4. The van der Waals surface area contributed by atoms with Gasteiger partial charge in [-0.25, -0.2) is 9.59 Å². The van der Waals surface area contributed by atoms with Crippen LogP contribution in [0.25, 0.3) is 10.9 Å². The van der Waals surface area contributed by atoms with Gasteiger partial charge in [-0.1, -0.05) is 24.3 Å². The van der Waals surface area contributed by atoms with E-state index in [0.29, 0.717) is 11.4 Å². The summed E-state index contributed by atoms with van der Waals surface area (Å²) in [5.41, 5.74) is 2.51. The largest absolute Gasteiger partial charge is 0.493 e. The lowest BCUT2D eigenvalue weighted by molar-refractivity contribution is -0.208. The van der Waals surface area contributed by atoms with Crippen molar-refractivity contribution in [3.8, 4) is 5.75 Å². The minimum absolute atomic E-state index is 0.231. The van der Waals surface area contributed by atoms with E-state index in [0.717, 1.165) is 21.4 Å². The Balaban J connectivity index is 1.42. The first-order valence-electron chi connectivity index (χ1n) is 13.1. The molecule has 3 aromatic rings. The van der Waals surface area contributed by atoms with Crippen molar-refractivity contribution in [3.05, 3.63) is 66.4 Å². The maximum Gasteiger partial charge on any atom is 0.493 e. The Morgan fingerprint density at radius 3 is 2.23 bits per heavy atom. The van der Waals surface area contributed by atoms with E-state index in [1.165, 1.54) is 5.48 Å². The molecule has 1 saturated heterocycles. The second-order valence-corrected chi connectivity index (χ2v) is 10.8. The van der Waals surface area contributed by atoms with Crippen molar-refractivity contribution in [2.24, 2.45) is 11.8 Å². The van der Waals surface area contributed by atoms with Gasteiger partial charge in [-0.05, 0) is 56.7 Å². The molecule has 1 aliphatic heterocycles. The maximum atomic E-state index is 13.2.